The second-order valence-corrected chi connectivity index (χ2v) is 3.32. The van der Waals surface area contributed by atoms with Gasteiger partial charge in [-0.1, -0.05) is 0 Å². The average molecular weight is 213 g/mol. The van der Waals surface area contributed by atoms with Gasteiger partial charge in [0.05, 0.1) is 6.61 Å². The molecule has 15 heavy (non-hydrogen) atoms. The molecule has 0 bridgehead atoms. The molecule has 0 amide bonds. The number of nitrogens with two attached hydrogens (primary N) is 1. The van der Waals surface area contributed by atoms with E-state index >= 15 is 0 Å². The van der Waals surface area contributed by atoms with Gasteiger partial charge in [0.2, 0.25) is 0 Å². The first kappa shape index (κ1) is 10.1. The molecule has 2 rings (SSSR count). The normalized spacial score (nSPS) is 30.7. The molecule has 1 saturated heterocycles. The highest BCUT2D eigenvalue weighted by Gasteiger charge is 2.36. The largest absolute Gasteiger partial charge is 0.388 e. The zero-order valence-corrected chi connectivity index (χ0v) is 7.78. The predicted molar refractivity (Wildman–Crippen MR) is 49.9 cm³/mol. The van der Waals surface area contributed by atoms with Crippen LogP contribution in [0, 0.1) is 0 Å². The Balaban J connectivity index is 2.34. The molecule has 1 aromatic rings. The monoisotopic (exact) mass is 213 g/mol. The van der Waals surface area contributed by atoms with Crippen LogP contribution in [0.25, 0.3) is 0 Å². The molecule has 1 aromatic heterocycles. The number of hydrogen-bond donors (Lipinski definition) is 3. The first-order valence-electron chi connectivity index (χ1n) is 4.42. The van der Waals surface area contributed by atoms with Crippen LogP contribution in [-0.4, -0.2) is 38.6 Å². The van der Waals surface area contributed by atoms with Crippen molar-refractivity contribution >= 4 is 5.82 Å². The summed E-state index contributed by atoms with van der Waals surface area (Å²) in [5, 5.41) is 18.8. The van der Waals surface area contributed by atoms with E-state index in [1.807, 2.05) is 0 Å². The summed E-state index contributed by atoms with van der Waals surface area (Å²) < 4.78 is 6.16. The first-order valence-corrected chi connectivity index (χ1v) is 4.42. The lowest BCUT2D eigenvalue weighted by Gasteiger charge is -2.16. The Kier molecular flexibility index (Phi) is 2.43. The van der Waals surface area contributed by atoms with E-state index in [1.165, 1.54) is 12.3 Å². The molecule has 0 radical (unpaired) electrons. The number of aliphatic hydroxyl groups is 2. The third-order valence-electron chi connectivity index (χ3n) is 2.25. The second-order valence-electron chi connectivity index (χ2n) is 3.32. The summed E-state index contributed by atoms with van der Waals surface area (Å²) in [5.74, 6) is 0.101. The van der Waals surface area contributed by atoms with Crippen molar-refractivity contribution in [3.05, 3.63) is 22.7 Å². The maximum absolute atomic E-state index is 11.4. The molecule has 1 aliphatic heterocycles. The molecule has 0 aromatic carbocycles. The van der Waals surface area contributed by atoms with Crippen LogP contribution in [-0.2, 0) is 4.74 Å². The quantitative estimate of drug-likeness (QED) is 0.501. The molecule has 0 spiro atoms. The van der Waals surface area contributed by atoms with Crippen molar-refractivity contribution in [1.29, 1.82) is 0 Å². The van der Waals surface area contributed by atoms with E-state index in [-0.39, 0.29) is 12.4 Å². The number of anilines is 1. The van der Waals surface area contributed by atoms with Gasteiger partial charge in [0.25, 0.3) is 0 Å². The van der Waals surface area contributed by atoms with Crippen molar-refractivity contribution in [3.63, 3.8) is 0 Å². The highest BCUT2D eigenvalue weighted by atomic mass is 16.5. The van der Waals surface area contributed by atoms with Gasteiger partial charge in [-0.3, -0.25) is 4.57 Å². The molecular weight excluding hydrogens is 202 g/mol. The van der Waals surface area contributed by atoms with Gasteiger partial charge in [-0.25, -0.2) is 4.79 Å². The molecule has 3 atom stereocenters. The van der Waals surface area contributed by atoms with Crippen molar-refractivity contribution in [2.45, 2.75) is 18.4 Å². The Morgan fingerprint density at radius 1 is 1.60 bits per heavy atom. The van der Waals surface area contributed by atoms with Gasteiger partial charge in [-0.05, 0) is 6.07 Å². The van der Waals surface area contributed by atoms with Crippen LogP contribution in [0.4, 0.5) is 5.82 Å². The van der Waals surface area contributed by atoms with Crippen molar-refractivity contribution in [3.8, 4) is 0 Å². The Morgan fingerprint density at radius 3 is 2.87 bits per heavy atom. The maximum atomic E-state index is 11.4. The van der Waals surface area contributed by atoms with Gasteiger partial charge in [0.15, 0.2) is 6.23 Å². The van der Waals surface area contributed by atoms with Crippen LogP contribution in [0.1, 0.15) is 6.23 Å². The number of ether oxygens (including phenoxy) is 1. The molecule has 7 nitrogen and oxygen atoms in total. The molecule has 2 heterocycles. The van der Waals surface area contributed by atoms with Crippen LogP contribution in [0.3, 0.4) is 0 Å². The number of nitrogen functional groups attached to an aromatic ring is 1. The summed E-state index contributed by atoms with van der Waals surface area (Å²) in [7, 11) is 0. The van der Waals surface area contributed by atoms with Crippen LogP contribution < -0.4 is 11.4 Å². The van der Waals surface area contributed by atoms with Crippen LogP contribution in [0.5, 0.6) is 0 Å². The van der Waals surface area contributed by atoms with E-state index in [2.05, 4.69) is 4.98 Å². The van der Waals surface area contributed by atoms with E-state index in [0.29, 0.717) is 0 Å². The fraction of sp³-hybridized carbons (Fsp3) is 0.500. The van der Waals surface area contributed by atoms with Gasteiger partial charge in [-0.15, -0.1) is 0 Å². The molecule has 0 aliphatic carbocycles. The topological polar surface area (TPSA) is 111 Å². The first-order chi connectivity index (χ1) is 7.09. The molecule has 1 aliphatic rings. The SMILES string of the molecule is Nc1ccn([C@H]2OC[C@H](O)[C@@H]2O)c(=O)n1. The summed E-state index contributed by atoms with van der Waals surface area (Å²) >= 11 is 0. The summed E-state index contributed by atoms with van der Waals surface area (Å²) in [6.07, 6.45) is -1.65. The highest BCUT2D eigenvalue weighted by Crippen LogP contribution is 2.22. The highest BCUT2D eigenvalue weighted by molar-refractivity contribution is 5.23. The lowest BCUT2D eigenvalue weighted by molar-refractivity contribution is -0.0211. The smallest absolute Gasteiger partial charge is 0.351 e. The summed E-state index contributed by atoms with van der Waals surface area (Å²) in [6, 6.07) is 1.42. The van der Waals surface area contributed by atoms with Crippen molar-refractivity contribution in [1.82, 2.24) is 9.55 Å². The van der Waals surface area contributed by atoms with Crippen molar-refractivity contribution in [2.24, 2.45) is 0 Å². The zero-order chi connectivity index (χ0) is 11.0. The summed E-state index contributed by atoms with van der Waals surface area (Å²) in [6.45, 7) is -0.0113. The number of hydrogen-bond acceptors (Lipinski definition) is 6. The van der Waals surface area contributed by atoms with E-state index < -0.39 is 24.1 Å². The number of rotatable bonds is 1. The predicted octanol–water partition coefficient (Wildman–Crippen LogP) is -1.92. The van der Waals surface area contributed by atoms with E-state index in [9.17, 15) is 15.0 Å². The molecule has 82 valence electrons. The Bertz CT molecular complexity index is 419. The Hall–Kier alpha value is -1.44. The van der Waals surface area contributed by atoms with E-state index in [0.717, 1.165) is 4.57 Å². The summed E-state index contributed by atoms with van der Waals surface area (Å²) in [5.41, 5.74) is 4.69. The summed E-state index contributed by atoms with van der Waals surface area (Å²) in [4.78, 5) is 14.9. The number of aromatic nitrogens is 2. The fourth-order valence-corrected chi connectivity index (χ4v) is 1.45. The van der Waals surface area contributed by atoms with Gasteiger partial charge >= 0.3 is 5.69 Å². The third-order valence-corrected chi connectivity index (χ3v) is 2.25. The van der Waals surface area contributed by atoms with Gasteiger partial charge < -0.3 is 20.7 Å². The second kappa shape index (κ2) is 3.61. The van der Waals surface area contributed by atoms with Crippen molar-refractivity contribution in [2.75, 3.05) is 12.3 Å². The molecule has 0 saturated carbocycles. The third kappa shape index (κ3) is 1.72. The van der Waals surface area contributed by atoms with Gasteiger partial charge in [0, 0.05) is 6.20 Å². The minimum Gasteiger partial charge on any atom is -0.388 e. The minimum atomic E-state index is -1.13. The molecule has 7 heteroatoms. The van der Waals surface area contributed by atoms with E-state index in [1.54, 1.807) is 0 Å². The molecule has 4 N–H and O–H groups in total. The molecular formula is C8H11N3O4. The zero-order valence-electron chi connectivity index (χ0n) is 7.78. The van der Waals surface area contributed by atoms with E-state index in [4.69, 9.17) is 10.5 Å². The average Bonchev–Trinajstić information content (AvgIpc) is 2.49. The van der Waals surface area contributed by atoms with Gasteiger partial charge in [-0.2, -0.15) is 4.98 Å². The fourth-order valence-electron chi connectivity index (χ4n) is 1.45. The molecule has 0 unspecified atom stereocenters. The number of aliphatic hydroxyl groups excluding tert-OH is 2. The van der Waals surface area contributed by atoms with Crippen LogP contribution >= 0.6 is 0 Å². The maximum Gasteiger partial charge on any atom is 0.351 e. The Morgan fingerprint density at radius 2 is 2.33 bits per heavy atom. The lowest BCUT2D eigenvalue weighted by atomic mass is 10.2. The van der Waals surface area contributed by atoms with Gasteiger partial charge in [0.1, 0.15) is 18.0 Å². The standard InChI is InChI=1S/C8H11N3O4/c9-5-1-2-11(8(14)10-5)7-6(13)4(12)3-15-7/h1-2,4,6-7,12-13H,3H2,(H2,9,10,14)/t4-,6-,7-/m0/s1. The van der Waals surface area contributed by atoms with Crippen molar-refractivity contribution < 1.29 is 14.9 Å². The Labute approximate surface area is 84.7 Å². The number of nitrogens with zero attached hydrogens (tertiary/aromatic N) is 2. The van der Waals surface area contributed by atoms with Crippen LogP contribution in [0.15, 0.2) is 17.1 Å². The van der Waals surface area contributed by atoms with Crippen LogP contribution in [0.2, 0.25) is 0 Å². The molecule has 1 fully saturated rings. The lowest BCUT2D eigenvalue weighted by Crippen LogP contribution is -2.34. The minimum absolute atomic E-state index is 0.0113.